The van der Waals surface area contributed by atoms with Crippen LogP contribution in [0.25, 0.3) is 0 Å². The van der Waals surface area contributed by atoms with Crippen LogP contribution >= 0.6 is 23.2 Å². The van der Waals surface area contributed by atoms with Crippen LogP contribution in [0, 0.1) is 0 Å². The zero-order valence-corrected chi connectivity index (χ0v) is 15.8. The van der Waals surface area contributed by atoms with Gasteiger partial charge in [0.1, 0.15) is 0 Å². The van der Waals surface area contributed by atoms with Gasteiger partial charge in [-0.2, -0.15) is 0 Å². The highest BCUT2D eigenvalue weighted by molar-refractivity contribution is 6.31. The minimum atomic E-state index is -0.331. The fourth-order valence-electron chi connectivity index (χ4n) is 2.16. The van der Waals surface area contributed by atoms with Gasteiger partial charge in [-0.25, -0.2) is 0 Å². The van der Waals surface area contributed by atoms with Crippen molar-refractivity contribution in [3.05, 3.63) is 64.2 Å². The predicted octanol–water partition coefficient (Wildman–Crippen LogP) is 4.32. The molecule has 134 valence electrons. The van der Waals surface area contributed by atoms with E-state index in [1.165, 1.54) is 12.4 Å². The van der Waals surface area contributed by atoms with E-state index >= 15 is 0 Å². The summed E-state index contributed by atoms with van der Waals surface area (Å²) in [5.74, 6) is -0.331. The van der Waals surface area contributed by atoms with Gasteiger partial charge in [-0.1, -0.05) is 23.2 Å². The molecule has 1 aromatic heterocycles. The van der Waals surface area contributed by atoms with Gasteiger partial charge in [0.05, 0.1) is 28.8 Å². The van der Waals surface area contributed by atoms with Gasteiger partial charge in [-0.05, 0) is 31.0 Å². The number of halogens is 2. The summed E-state index contributed by atoms with van der Waals surface area (Å²) < 4.78 is 0. The lowest BCUT2D eigenvalue weighted by Gasteiger charge is -2.20. The van der Waals surface area contributed by atoms with E-state index in [2.05, 4.69) is 27.0 Å². The maximum atomic E-state index is 12.5. The van der Waals surface area contributed by atoms with E-state index in [0.29, 0.717) is 32.7 Å². The molecule has 0 saturated heterocycles. The second kappa shape index (κ2) is 9.12. The van der Waals surface area contributed by atoms with Crippen LogP contribution in [0.1, 0.15) is 10.4 Å². The summed E-state index contributed by atoms with van der Waals surface area (Å²) in [6.07, 6.45) is 6.19. The Kier molecular flexibility index (Phi) is 6.89. The highest BCUT2D eigenvalue weighted by atomic mass is 35.5. The molecule has 0 unspecified atom stereocenters. The number of hydrogen-bond donors (Lipinski definition) is 1. The Hall–Kier alpha value is -2.70. The summed E-state index contributed by atoms with van der Waals surface area (Å²) in [6.45, 7) is 3.45. The van der Waals surface area contributed by atoms with Crippen LogP contribution in [0.2, 0.25) is 10.0 Å². The van der Waals surface area contributed by atoms with Crippen molar-refractivity contribution in [1.82, 2.24) is 4.98 Å². The maximum absolute atomic E-state index is 12.5. The zero-order valence-electron chi connectivity index (χ0n) is 14.3. The molecule has 2 rings (SSSR count). The minimum Gasteiger partial charge on any atom is -0.342 e. The Morgan fingerprint density at radius 1 is 1.23 bits per heavy atom. The highest BCUT2D eigenvalue weighted by Crippen LogP contribution is 2.25. The fraction of sp³-hybridized carbons (Fsp3) is 0.111. The maximum Gasteiger partial charge on any atom is 0.255 e. The van der Waals surface area contributed by atoms with Crippen LogP contribution in [-0.4, -0.2) is 37.9 Å². The molecular weight excluding hydrogens is 373 g/mol. The molecule has 0 aliphatic heterocycles. The van der Waals surface area contributed by atoms with Crippen LogP contribution in [0.3, 0.4) is 0 Å². The Labute approximate surface area is 161 Å². The molecule has 1 amide bonds. The van der Waals surface area contributed by atoms with Crippen molar-refractivity contribution in [2.75, 3.05) is 24.3 Å². The van der Waals surface area contributed by atoms with Crippen LogP contribution in [0.5, 0.6) is 0 Å². The molecule has 2 aromatic rings. The van der Waals surface area contributed by atoms with Gasteiger partial charge in [0, 0.05) is 42.8 Å². The number of allylic oxidation sites excluding steroid dienone is 1. The number of nitrogens with one attached hydrogen (secondary N) is 1. The van der Waals surface area contributed by atoms with Crippen molar-refractivity contribution in [3.63, 3.8) is 0 Å². The molecule has 0 aliphatic rings. The molecule has 0 spiro atoms. The molecule has 1 aromatic carbocycles. The normalized spacial score (nSPS) is 11.5. The third kappa shape index (κ3) is 5.15. The second-order valence-corrected chi connectivity index (χ2v) is 6.10. The first kappa shape index (κ1) is 19.6. The number of benzene rings is 1. The minimum absolute atomic E-state index is 0.331. The average molecular weight is 390 g/mol. The van der Waals surface area contributed by atoms with E-state index in [-0.39, 0.29) is 5.91 Å². The van der Waals surface area contributed by atoms with E-state index in [9.17, 15) is 4.79 Å². The molecule has 0 bridgehead atoms. The molecule has 26 heavy (non-hydrogen) atoms. The molecule has 1 heterocycles. The predicted molar refractivity (Wildman–Crippen MR) is 109 cm³/mol. The van der Waals surface area contributed by atoms with Crippen LogP contribution in [0.15, 0.2) is 58.5 Å². The quantitative estimate of drug-likeness (QED) is 0.747. The molecule has 8 heteroatoms. The van der Waals surface area contributed by atoms with Crippen LogP contribution in [0.4, 0.5) is 11.4 Å². The summed E-state index contributed by atoms with van der Waals surface area (Å²) in [5, 5.41) is 3.59. The first-order chi connectivity index (χ1) is 12.4. The Balaban J connectivity index is 2.32. The van der Waals surface area contributed by atoms with E-state index in [4.69, 9.17) is 23.2 Å². The van der Waals surface area contributed by atoms with Crippen molar-refractivity contribution in [3.8, 4) is 0 Å². The number of aliphatic imine (C=N–C) groups is 2. The van der Waals surface area contributed by atoms with Gasteiger partial charge in [0.15, 0.2) is 0 Å². The van der Waals surface area contributed by atoms with Gasteiger partial charge >= 0.3 is 0 Å². The standard InChI is InChI=1S/C18H17Cl2N5O/c1-21-10-17(11-22-2)25(3)16-5-12(4-13(19)7-16)18(26)24-15-6-14(20)8-23-9-15/h4-11H,1H2,2-3H3,(H,24,26). The number of aromatic nitrogens is 1. The third-order valence-corrected chi connectivity index (χ3v) is 3.79. The van der Waals surface area contributed by atoms with Crippen molar-refractivity contribution >= 4 is 53.4 Å². The molecule has 0 saturated carbocycles. The molecular formula is C18H17Cl2N5O. The number of carbonyl (C=O) groups excluding carboxylic acids is 1. The lowest BCUT2D eigenvalue weighted by atomic mass is 10.1. The monoisotopic (exact) mass is 389 g/mol. The van der Waals surface area contributed by atoms with E-state index in [1.54, 1.807) is 48.6 Å². The number of pyridine rings is 1. The first-order valence-corrected chi connectivity index (χ1v) is 8.24. The largest absolute Gasteiger partial charge is 0.342 e. The van der Waals surface area contributed by atoms with Crippen molar-refractivity contribution in [2.24, 2.45) is 9.98 Å². The SMILES string of the molecule is C=NC=C(C=NC)N(C)c1cc(Cl)cc(C(=O)Nc2cncc(Cl)c2)c1. The summed E-state index contributed by atoms with van der Waals surface area (Å²) in [6, 6.07) is 6.63. The summed E-state index contributed by atoms with van der Waals surface area (Å²) >= 11 is 12.1. The van der Waals surface area contributed by atoms with Crippen molar-refractivity contribution in [1.29, 1.82) is 0 Å². The second-order valence-electron chi connectivity index (χ2n) is 5.23. The number of rotatable bonds is 6. The Bertz CT molecular complexity index is 880. The van der Waals surface area contributed by atoms with Crippen LogP contribution in [-0.2, 0) is 0 Å². The zero-order chi connectivity index (χ0) is 19.1. The van der Waals surface area contributed by atoms with Crippen LogP contribution < -0.4 is 10.2 Å². The van der Waals surface area contributed by atoms with E-state index in [0.717, 1.165) is 0 Å². The average Bonchev–Trinajstić information content (AvgIpc) is 2.60. The van der Waals surface area contributed by atoms with Gasteiger partial charge in [-0.15, -0.1) is 0 Å². The van der Waals surface area contributed by atoms with Crippen molar-refractivity contribution in [2.45, 2.75) is 0 Å². The summed E-state index contributed by atoms with van der Waals surface area (Å²) in [5.41, 5.74) is 2.27. The van der Waals surface area contributed by atoms with E-state index < -0.39 is 0 Å². The van der Waals surface area contributed by atoms with Gasteiger partial charge in [0.2, 0.25) is 0 Å². The smallest absolute Gasteiger partial charge is 0.255 e. The third-order valence-electron chi connectivity index (χ3n) is 3.37. The molecule has 0 radical (unpaired) electrons. The first-order valence-electron chi connectivity index (χ1n) is 7.49. The summed E-state index contributed by atoms with van der Waals surface area (Å²) in [7, 11) is 3.47. The lowest BCUT2D eigenvalue weighted by molar-refractivity contribution is 0.102. The number of amides is 1. The number of hydrogen-bond acceptors (Lipinski definition) is 5. The Morgan fingerprint density at radius 3 is 2.65 bits per heavy atom. The molecule has 0 aliphatic carbocycles. The Morgan fingerprint density at radius 2 is 2.00 bits per heavy atom. The number of nitrogens with zero attached hydrogens (tertiary/aromatic N) is 4. The number of carbonyl (C=O) groups is 1. The fourth-order valence-corrected chi connectivity index (χ4v) is 2.57. The molecule has 0 atom stereocenters. The molecule has 6 nitrogen and oxygen atoms in total. The van der Waals surface area contributed by atoms with E-state index in [1.807, 2.05) is 7.05 Å². The van der Waals surface area contributed by atoms with Gasteiger partial charge in [-0.3, -0.25) is 19.8 Å². The van der Waals surface area contributed by atoms with Gasteiger partial charge in [0.25, 0.3) is 5.91 Å². The topological polar surface area (TPSA) is 70.0 Å². The lowest BCUT2D eigenvalue weighted by Crippen LogP contribution is -2.19. The van der Waals surface area contributed by atoms with Crippen molar-refractivity contribution < 1.29 is 4.79 Å². The highest BCUT2D eigenvalue weighted by Gasteiger charge is 2.13. The number of anilines is 2. The summed E-state index contributed by atoms with van der Waals surface area (Å²) in [4.78, 5) is 26.0. The molecule has 0 fully saturated rings. The molecule has 1 N–H and O–H groups in total. The van der Waals surface area contributed by atoms with Gasteiger partial charge < -0.3 is 10.2 Å².